The van der Waals surface area contributed by atoms with E-state index in [2.05, 4.69) is 0 Å². The summed E-state index contributed by atoms with van der Waals surface area (Å²) in [6.45, 7) is 0. The number of methoxy groups -OCH3 is 2. The molecule has 3 saturated carbocycles. The summed E-state index contributed by atoms with van der Waals surface area (Å²) in [7, 11) is 2.70. The Bertz CT molecular complexity index is 454. The van der Waals surface area contributed by atoms with E-state index in [1.54, 1.807) is 6.08 Å². The fourth-order valence-corrected chi connectivity index (χ4v) is 4.13. The molecule has 18 heavy (non-hydrogen) atoms. The number of esters is 2. The van der Waals surface area contributed by atoms with Gasteiger partial charge in [-0.1, -0.05) is 6.08 Å². The molecule has 5 aliphatic rings. The zero-order valence-electron chi connectivity index (χ0n) is 10.4. The van der Waals surface area contributed by atoms with E-state index < -0.39 is 17.5 Å². The van der Waals surface area contributed by atoms with Gasteiger partial charge >= 0.3 is 11.9 Å². The fourth-order valence-electron chi connectivity index (χ4n) is 4.13. The molecule has 0 aliphatic heterocycles. The Morgan fingerprint density at radius 3 is 2.61 bits per heavy atom. The van der Waals surface area contributed by atoms with Crippen molar-refractivity contribution in [1.82, 2.24) is 0 Å². The zero-order chi connectivity index (χ0) is 13.1. The molecule has 0 aromatic rings. The summed E-state index contributed by atoms with van der Waals surface area (Å²) in [6, 6.07) is 0. The van der Waals surface area contributed by atoms with Crippen LogP contribution in [0, 0.1) is 23.2 Å². The van der Waals surface area contributed by atoms with E-state index in [0.29, 0.717) is 18.4 Å². The molecule has 0 spiro atoms. The summed E-state index contributed by atoms with van der Waals surface area (Å²) in [5, 5.41) is 10.1. The van der Waals surface area contributed by atoms with Crippen LogP contribution in [-0.2, 0) is 19.1 Å². The summed E-state index contributed by atoms with van der Waals surface area (Å²) >= 11 is 0. The quantitative estimate of drug-likeness (QED) is 0.714. The molecule has 5 heteroatoms. The van der Waals surface area contributed by atoms with Crippen LogP contribution < -0.4 is 0 Å². The highest BCUT2D eigenvalue weighted by Crippen LogP contribution is 2.67. The summed E-state index contributed by atoms with van der Waals surface area (Å²) in [5.41, 5.74) is -0.0672. The second-order valence-electron chi connectivity index (χ2n) is 5.47. The van der Waals surface area contributed by atoms with E-state index in [1.165, 1.54) is 14.2 Å². The summed E-state index contributed by atoms with van der Waals surface area (Å²) in [4.78, 5) is 23.8. The molecule has 5 atom stereocenters. The molecule has 3 fully saturated rings. The molecule has 0 aromatic heterocycles. The Morgan fingerprint density at radius 2 is 2.06 bits per heavy atom. The highest BCUT2D eigenvalue weighted by Gasteiger charge is 2.70. The standard InChI is InChI=1S/C13H16O5/c1-17-11(15)7-3-6-4-13(12(16)18-2)5-8(9(7)13)10(6)14/h3,6,8-10,14H,4-5H2,1-2H3/t6-,8+,9+,10+,13+/m0/s1. The molecular weight excluding hydrogens is 236 g/mol. The molecule has 0 radical (unpaired) electrons. The number of carbonyl (C=O) groups is 2. The molecule has 1 N–H and O–H groups in total. The van der Waals surface area contributed by atoms with Crippen LogP contribution in [0.2, 0.25) is 0 Å². The van der Waals surface area contributed by atoms with Gasteiger partial charge in [-0.15, -0.1) is 0 Å². The predicted octanol–water partition coefficient (Wildman–Crippen LogP) is 0.276. The van der Waals surface area contributed by atoms with Gasteiger partial charge in [0, 0.05) is 17.4 Å². The predicted molar refractivity (Wildman–Crippen MR) is 60.3 cm³/mol. The van der Waals surface area contributed by atoms with E-state index in [0.717, 1.165) is 0 Å². The SMILES string of the molecule is COC(=O)C1=C[C@H]2C[C@@]3(C(=O)OC)C[C@@H]([C@@H]2O)[C@@H]13. The normalized spacial score (nSPS) is 43.8. The Kier molecular flexibility index (Phi) is 2.32. The monoisotopic (exact) mass is 252 g/mol. The number of carbonyl (C=O) groups excluding carboxylic acids is 2. The smallest absolute Gasteiger partial charge is 0.333 e. The van der Waals surface area contributed by atoms with E-state index in [4.69, 9.17) is 9.47 Å². The minimum Gasteiger partial charge on any atom is -0.469 e. The van der Waals surface area contributed by atoms with Gasteiger partial charge in [0.25, 0.3) is 0 Å². The van der Waals surface area contributed by atoms with Crippen LogP contribution in [0.1, 0.15) is 12.8 Å². The largest absolute Gasteiger partial charge is 0.469 e. The third-order valence-corrected chi connectivity index (χ3v) is 4.84. The maximum absolute atomic E-state index is 12.0. The highest BCUT2D eigenvalue weighted by atomic mass is 16.5. The molecule has 0 aromatic carbocycles. The average Bonchev–Trinajstić information content (AvgIpc) is 2.36. The van der Waals surface area contributed by atoms with Gasteiger partial charge < -0.3 is 14.6 Å². The Hall–Kier alpha value is -1.36. The Labute approximate surface area is 105 Å². The Morgan fingerprint density at radius 1 is 1.33 bits per heavy atom. The summed E-state index contributed by atoms with van der Waals surface area (Å²) in [5.74, 6) is -1.05. The lowest BCUT2D eigenvalue weighted by molar-refractivity contribution is -0.205. The van der Waals surface area contributed by atoms with Crippen LogP contribution in [0.5, 0.6) is 0 Å². The number of hydrogen-bond acceptors (Lipinski definition) is 5. The minimum atomic E-state index is -0.610. The molecule has 5 rings (SSSR count). The van der Waals surface area contributed by atoms with Crippen molar-refractivity contribution in [2.45, 2.75) is 18.9 Å². The molecule has 0 unspecified atom stereocenters. The topological polar surface area (TPSA) is 72.8 Å². The first-order valence-corrected chi connectivity index (χ1v) is 6.11. The van der Waals surface area contributed by atoms with Crippen LogP contribution >= 0.6 is 0 Å². The van der Waals surface area contributed by atoms with Gasteiger partial charge in [-0.25, -0.2) is 4.79 Å². The number of ether oxygens (including phenoxy) is 2. The van der Waals surface area contributed by atoms with E-state index in [-0.39, 0.29) is 23.7 Å². The van der Waals surface area contributed by atoms with Crippen LogP contribution in [0.4, 0.5) is 0 Å². The van der Waals surface area contributed by atoms with Crippen molar-refractivity contribution < 1.29 is 24.2 Å². The first-order chi connectivity index (χ1) is 8.55. The summed E-state index contributed by atoms with van der Waals surface area (Å²) < 4.78 is 9.64. The third-order valence-electron chi connectivity index (χ3n) is 4.84. The van der Waals surface area contributed by atoms with Crippen molar-refractivity contribution in [2.75, 3.05) is 14.2 Å². The van der Waals surface area contributed by atoms with Crippen molar-refractivity contribution in [1.29, 1.82) is 0 Å². The maximum Gasteiger partial charge on any atom is 0.333 e. The molecule has 5 aliphatic carbocycles. The third kappa shape index (κ3) is 1.15. The van der Waals surface area contributed by atoms with Gasteiger partial charge in [0.15, 0.2) is 0 Å². The molecule has 0 saturated heterocycles. The first-order valence-electron chi connectivity index (χ1n) is 6.11. The van der Waals surface area contributed by atoms with E-state index in [9.17, 15) is 14.7 Å². The number of rotatable bonds is 2. The number of aliphatic hydroxyl groups excluding tert-OH is 1. The van der Waals surface area contributed by atoms with Gasteiger partial charge in [0.05, 0.1) is 25.7 Å². The zero-order valence-corrected chi connectivity index (χ0v) is 10.4. The molecule has 5 nitrogen and oxygen atoms in total. The second-order valence-corrected chi connectivity index (χ2v) is 5.47. The number of aliphatic hydroxyl groups is 1. The van der Waals surface area contributed by atoms with Crippen LogP contribution in [-0.4, -0.2) is 37.4 Å². The van der Waals surface area contributed by atoms with Crippen molar-refractivity contribution in [3.8, 4) is 0 Å². The van der Waals surface area contributed by atoms with Crippen LogP contribution in [0.25, 0.3) is 0 Å². The van der Waals surface area contributed by atoms with Crippen LogP contribution in [0.3, 0.4) is 0 Å². The number of hydrogen-bond donors (Lipinski definition) is 1. The van der Waals surface area contributed by atoms with Gasteiger partial charge in [0.1, 0.15) is 0 Å². The molecule has 98 valence electrons. The lowest BCUT2D eigenvalue weighted by Gasteiger charge is -2.64. The minimum absolute atomic E-state index is 0.0121. The van der Waals surface area contributed by atoms with Crippen molar-refractivity contribution in [3.05, 3.63) is 11.6 Å². The van der Waals surface area contributed by atoms with Crippen molar-refractivity contribution in [2.24, 2.45) is 23.2 Å². The summed E-state index contributed by atoms with van der Waals surface area (Å²) in [6.07, 6.45) is 2.51. The highest BCUT2D eigenvalue weighted by molar-refractivity contribution is 5.93. The molecule has 0 amide bonds. The molecule has 4 bridgehead atoms. The average molecular weight is 252 g/mol. The Balaban J connectivity index is 2.01. The van der Waals surface area contributed by atoms with E-state index in [1.807, 2.05) is 0 Å². The maximum atomic E-state index is 12.0. The molecular formula is C13H16O5. The van der Waals surface area contributed by atoms with Gasteiger partial charge in [-0.3, -0.25) is 4.79 Å². The second kappa shape index (κ2) is 3.57. The molecule has 0 heterocycles. The first kappa shape index (κ1) is 11.7. The fraction of sp³-hybridized carbons (Fsp3) is 0.692. The van der Waals surface area contributed by atoms with Crippen LogP contribution in [0.15, 0.2) is 11.6 Å². The van der Waals surface area contributed by atoms with Gasteiger partial charge in [-0.05, 0) is 18.8 Å². The van der Waals surface area contributed by atoms with Crippen molar-refractivity contribution >= 4 is 11.9 Å². The van der Waals surface area contributed by atoms with Crippen molar-refractivity contribution in [3.63, 3.8) is 0 Å². The lowest BCUT2D eigenvalue weighted by Crippen LogP contribution is -2.67. The van der Waals surface area contributed by atoms with E-state index >= 15 is 0 Å². The van der Waals surface area contributed by atoms with Gasteiger partial charge in [0.2, 0.25) is 0 Å². The van der Waals surface area contributed by atoms with Gasteiger partial charge in [-0.2, -0.15) is 0 Å². The lowest BCUT2D eigenvalue weighted by atomic mass is 9.39.